The monoisotopic (exact) mass is 272 g/mol. The first kappa shape index (κ1) is 16.3. The zero-order valence-electron chi connectivity index (χ0n) is 12.8. The van der Waals surface area contributed by atoms with Crippen molar-refractivity contribution in [3.63, 3.8) is 0 Å². The standard InChI is InChI=1S/C15H32N2S/c1-5-14-12-17(10-9-11-18-8-4)15(6-2,7-3)13-16-14/h14,16H,5-13H2,1-4H3. The quantitative estimate of drug-likeness (QED) is 0.682. The lowest BCUT2D eigenvalue weighted by atomic mass is 9.86. The minimum absolute atomic E-state index is 0.419. The van der Waals surface area contributed by atoms with Gasteiger partial charge in [-0.05, 0) is 43.7 Å². The summed E-state index contributed by atoms with van der Waals surface area (Å²) in [6.45, 7) is 13.0. The van der Waals surface area contributed by atoms with Crippen molar-refractivity contribution in [1.82, 2.24) is 10.2 Å². The summed E-state index contributed by atoms with van der Waals surface area (Å²) < 4.78 is 0. The molecule has 0 radical (unpaired) electrons. The summed E-state index contributed by atoms with van der Waals surface area (Å²) in [4.78, 5) is 2.79. The maximum absolute atomic E-state index is 3.75. The fraction of sp³-hybridized carbons (Fsp3) is 1.00. The van der Waals surface area contributed by atoms with E-state index in [-0.39, 0.29) is 0 Å². The lowest BCUT2D eigenvalue weighted by Gasteiger charge is -2.49. The van der Waals surface area contributed by atoms with E-state index < -0.39 is 0 Å². The fourth-order valence-corrected chi connectivity index (χ4v) is 3.64. The van der Waals surface area contributed by atoms with Crippen molar-refractivity contribution in [1.29, 1.82) is 0 Å². The molecule has 0 amide bonds. The first-order chi connectivity index (χ1) is 8.72. The molecule has 2 nitrogen and oxygen atoms in total. The third-order valence-electron chi connectivity index (χ3n) is 4.56. The number of piperazine rings is 1. The van der Waals surface area contributed by atoms with Crippen molar-refractivity contribution >= 4 is 11.8 Å². The van der Waals surface area contributed by atoms with E-state index in [4.69, 9.17) is 0 Å². The molecular formula is C15H32N2S. The number of nitrogens with zero attached hydrogens (tertiary/aromatic N) is 1. The van der Waals surface area contributed by atoms with Gasteiger partial charge in [-0.2, -0.15) is 11.8 Å². The molecule has 0 aromatic carbocycles. The first-order valence-electron chi connectivity index (χ1n) is 7.78. The van der Waals surface area contributed by atoms with Crippen molar-refractivity contribution in [3.8, 4) is 0 Å². The van der Waals surface area contributed by atoms with Crippen LogP contribution in [0.2, 0.25) is 0 Å². The van der Waals surface area contributed by atoms with Gasteiger partial charge in [-0.15, -0.1) is 0 Å². The van der Waals surface area contributed by atoms with Crippen LogP contribution in [-0.4, -0.2) is 47.6 Å². The zero-order chi connectivity index (χ0) is 13.4. The smallest absolute Gasteiger partial charge is 0.0329 e. The van der Waals surface area contributed by atoms with Crippen LogP contribution >= 0.6 is 11.8 Å². The Hall–Kier alpha value is 0.270. The van der Waals surface area contributed by atoms with E-state index in [2.05, 4.69) is 49.7 Å². The van der Waals surface area contributed by atoms with Crippen molar-refractivity contribution in [3.05, 3.63) is 0 Å². The summed E-state index contributed by atoms with van der Waals surface area (Å²) in [5.74, 6) is 2.58. The molecule has 1 unspecified atom stereocenters. The largest absolute Gasteiger partial charge is 0.311 e. The van der Waals surface area contributed by atoms with E-state index in [0.29, 0.717) is 11.6 Å². The molecule has 3 heteroatoms. The maximum Gasteiger partial charge on any atom is 0.0329 e. The molecule has 1 aliphatic heterocycles. The maximum atomic E-state index is 3.75. The van der Waals surface area contributed by atoms with Crippen LogP contribution in [0.25, 0.3) is 0 Å². The highest BCUT2D eigenvalue weighted by Gasteiger charge is 2.37. The van der Waals surface area contributed by atoms with Crippen LogP contribution in [0.3, 0.4) is 0 Å². The summed E-state index contributed by atoms with van der Waals surface area (Å²) in [6.07, 6.45) is 5.14. The molecule has 1 atom stereocenters. The van der Waals surface area contributed by atoms with Gasteiger partial charge < -0.3 is 5.32 Å². The van der Waals surface area contributed by atoms with Gasteiger partial charge >= 0.3 is 0 Å². The van der Waals surface area contributed by atoms with Crippen LogP contribution in [0.4, 0.5) is 0 Å². The molecular weight excluding hydrogens is 240 g/mol. The third-order valence-corrected chi connectivity index (χ3v) is 5.55. The van der Waals surface area contributed by atoms with E-state index in [1.807, 2.05) is 0 Å². The van der Waals surface area contributed by atoms with Crippen molar-refractivity contribution in [2.24, 2.45) is 0 Å². The van der Waals surface area contributed by atoms with Gasteiger partial charge in [0.2, 0.25) is 0 Å². The second-order valence-electron chi connectivity index (χ2n) is 5.41. The summed E-state index contributed by atoms with van der Waals surface area (Å²) in [7, 11) is 0. The lowest BCUT2D eigenvalue weighted by molar-refractivity contribution is 0.0313. The molecule has 1 fully saturated rings. The Balaban J connectivity index is 2.53. The normalized spacial score (nSPS) is 24.3. The van der Waals surface area contributed by atoms with Crippen molar-refractivity contribution in [2.75, 3.05) is 31.1 Å². The highest BCUT2D eigenvalue weighted by molar-refractivity contribution is 7.99. The second-order valence-corrected chi connectivity index (χ2v) is 6.81. The van der Waals surface area contributed by atoms with Gasteiger partial charge in [0.25, 0.3) is 0 Å². The average molecular weight is 273 g/mol. The molecule has 0 bridgehead atoms. The lowest BCUT2D eigenvalue weighted by Crippen LogP contribution is -2.64. The van der Waals surface area contributed by atoms with Crippen LogP contribution in [0.5, 0.6) is 0 Å². The topological polar surface area (TPSA) is 15.3 Å². The van der Waals surface area contributed by atoms with Crippen LogP contribution in [0, 0.1) is 0 Å². The van der Waals surface area contributed by atoms with E-state index in [1.165, 1.54) is 56.8 Å². The average Bonchev–Trinajstić information content (AvgIpc) is 2.43. The van der Waals surface area contributed by atoms with Gasteiger partial charge in [-0.1, -0.05) is 27.7 Å². The van der Waals surface area contributed by atoms with Gasteiger partial charge in [-0.25, -0.2) is 0 Å². The molecule has 1 N–H and O–H groups in total. The molecule has 1 saturated heterocycles. The van der Waals surface area contributed by atoms with E-state index in [0.717, 1.165) is 0 Å². The molecule has 1 aliphatic rings. The van der Waals surface area contributed by atoms with Crippen LogP contribution < -0.4 is 5.32 Å². The molecule has 0 spiro atoms. The SMILES string of the molecule is CCSCCCN1CC(CC)NCC1(CC)CC. The van der Waals surface area contributed by atoms with Gasteiger partial charge in [0.15, 0.2) is 0 Å². The summed E-state index contributed by atoms with van der Waals surface area (Å²) in [5, 5.41) is 3.75. The highest BCUT2D eigenvalue weighted by Crippen LogP contribution is 2.27. The van der Waals surface area contributed by atoms with Crippen LogP contribution in [0.1, 0.15) is 53.4 Å². The molecule has 108 valence electrons. The number of rotatable bonds is 8. The van der Waals surface area contributed by atoms with Gasteiger partial charge in [0.05, 0.1) is 0 Å². The van der Waals surface area contributed by atoms with Crippen LogP contribution in [0.15, 0.2) is 0 Å². The minimum atomic E-state index is 0.419. The molecule has 0 aromatic heterocycles. The predicted octanol–water partition coefficient (Wildman–Crippen LogP) is 3.37. The Bertz CT molecular complexity index is 217. The van der Waals surface area contributed by atoms with Gasteiger partial charge in [0.1, 0.15) is 0 Å². The summed E-state index contributed by atoms with van der Waals surface area (Å²) >= 11 is 2.08. The Morgan fingerprint density at radius 3 is 2.50 bits per heavy atom. The van der Waals surface area contributed by atoms with Crippen molar-refractivity contribution in [2.45, 2.75) is 65.0 Å². The Morgan fingerprint density at radius 1 is 1.22 bits per heavy atom. The number of nitrogens with one attached hydrogen (secondary N) is 1. The Morgan fingerprint density at radius 2 is 1.94 bits per heavy atom. The summed E-state index contributed by atoms with van der Waals surface area (Å²) in [5.41, 5.74) is 0.419. The van der Waals surface area contributed by atoms with E-state index in [1.54, 1.807) is 0 Å². The molecule has 0 aromatic rings. The molecule has 18 heavy (non-hydrogen) atoms. The number of hydrogen-bond donors (Lipinski definition) is 1. The fourth-order valence-electron chi connectivity index (χ4n) is 3.02. The molecule has 0 aliphatic carbocycles. The highest BCUT2D eigenvalue weighted by atomic mass is 32.2. The second kappa shape index (κ2) is 8.44. The Labute approximate surface area is 118 Å². The van der Waals surface area contributed by atoms with E-state index >= 15 is 0 Å². The third kappa shape index (κ3) is 4.14. The number of hydrogen-bond acceptors (Lipinski definition) is 3. The van der Waals surface area contributed by atoms with Crippen molar-refractivity contribution < 1.29 is 0 Å². The molecule has 1 heterocycles. The zero-order valence-corrected chi connectivity index (χ0v) is 13.6. The van der Waals surface area contributed by atoms with Gasteiger partial charge in [0, 0.05) is 24.7 Å². The minimum Gasteiger partial charge on any atom is -0.311 e. The number of thioether (sulfide) groups is 1. The first-order valence-corrected chi connectivity index (χ1v) is 8.94. The van der Waals surface area contributed by atoms with Crippen LogP contribution in [-0.2, 0) is 0 Å². The Kier molecular flexibility index (Phi) is 7.66. The van der Waals surface area contributed by atoms with E-state index in [9.17, 15) is 0 Å². The molecule has 0 saturated carbocycles. The molecule has 1 rings (SSSR count). The predicted molar refractivity (Wildman–Crippen MR) is 84.6 cm³/mol. The van der Waals surface area contributed by atoms with Gasteiger partial charge in [-0.3, -0.25) is 4.90 Å². The summed E-state index contributed by atoms with van der Waals surface area (Å²) in [6, 6.07) is 0.704.